The lowest BCUT2D eigenvalue weighted by Gasteiger charge is -2.28. The van der Waals surface area contributed by atoms with Crippen LogP contribution in [0.2, 0.25) is 0 Å². The van der Waals surface area contributed by atoms with Gasteiger partial charge in [0.25, 0.3) is 0 Å². The van der Waals surface area contributed by atoms with Crippen molar-refractivity contribution in [2.24, 2.45) is 0 Å². The van der Waals surface area contributed by atoms with E-state index in [1.807, 2.05) is 6.07 Å². The molecule has 0 heterocycles. The van der Waals surface area contributed by atoms with Gasteiger partial charge in [-0.1, -0.05) is 66.7 Å². The minimum absolute atomic E-state index is 0.552. The predicted octanol–water partition coefficient (Wildman–Crippen LogP) is 5.21. The summed E-state index contributed by atoms with van der Waals surface area (Å²) in [7, 11) is -0.214. The molecule has 0 saturated heterocycles. The van der Waals surface area contributed by atoms with Crippen LogP contribution in [0.25, 0.3) is 0 Å². The second kappa shape index (κ2) is 10.4. The van der Waals surface area contributed by atoms with E-state index < -0.39 is 7.26 Å². The quantitative estimate of drug-likeness (QED) is 0.270. The van der Waals surface area contributed by atoms with Gasteiger partial charge in [-0.3, -0.25) is 0 Å². The zero-order valence-corrected chi connectivity index (χ0v) is 18.7. The molecule has 0 atom stereocenters. The summed E-state index contributed by atoms with van der Waals surface area (Å²) in [5.41, 5.74) is 1.28. The third kappa shape index (κ3) is 4.88. The number of methoxy groups -OCH3 is 1. The second-order valence-corrected chi connectivity index (χ2v) is 10.9. The van der Waals surface area contributed by atoms with Crippen molar-refractivity contribution in [3.05, 3.63) is 121 Å². The van der Waals surface area contributed by atoms with Crippen LogP contribution in [-0.4, -0.2) is 20.3 Å². The fourth-order valence-electron chi connectivity index (χ4n) is 4.02. The topological polar surface area (TPSA) is 18.5 Å². The van der Waals surface area contributed by atoms with Crippen LogP contribution in [0.3, 0.4) is 0 Å². The van der Waals surface area contributed by atoms with Gasteiger partial charge in [-0.2, -0.15) is 0 Å². The molecule has 3 heteroatoms. The van der Waals surface area contributed by atoms with E-state index in [-0.39, 0.29) is 0 Å². The molecule has 0 amide bonds. The lowest BCUT2D eigenvalue weighted by atomic mass is 10.2. The summed E-state index contributed by atoms with van der Waals surface area (Å²) in [6.07, 6.45) is 0.937. The van der Waals surface area contributed by atoms with Crippen molar-refractivity contribution in [3.63, 3.8) is 0 Å². The van der Waals surface area contributed by atoms with Crippen LogP contribution in [0, 0.1) is 0 Å². The highest BCUT2D eigenvalue weighted by molar-refractivity contribution is 7.95. The molecule has 0 radical (unpaired) electrons. The lowest BCUT2D eigenvalue weighted by molar-refractivity contribution is 0.146. The molecule has 0 unspecified atom stereocenters. The van der Waals surface area contributed by atoms with E-state index in [1.54, 1.807) is 7.11 Å². The highest BCUT2D eigenvalue weighted by Crippen LogP contribution is 2.58. The number of ether oxygens (including phenoxy) is 2. The highest BCUT2D eigenvalue weighted by atomic mass is 31.2. The minimum Gasteiger partial charge on any atom is -0.491 e. The molecule has 0 fully saturated rings. The van der Waals surface area contributed by atoms with E-state index in [0.29, 0.717) is 13.2 Å². The van der Waals surface area contributed by atoms with Gasteiger partial charge in [0.2, 0.25) is 0 Å². The summed E-state index contributed by atoms with van der Waals surface area (Å²) in [4.78, 5) is 0. The van der Waals surface area contributed by atoms with Gasteiger partial charge < -0.3 is 9.47 Å². The maximum atomic E-state index is 5.91. The van der Waals surface area contributed by atoms with E-state index in [0.717, 1.165) is 11.9 Å². The van der Waals surface area contributed by atoms with Crippen LogP contribution in [0.4, 0.5) is 0 Å². The highest BCUT2D eigenvalue weighted by Gasteiger charge is 2.45. The number of rotatable bonds is 9. The van der Waals surface area contributed by atoms with Gasteiger partial charge >= 0.3 is 0 Å². The van der Waals surface area contributed by atoms with Crippen molar-refractivity contribution in [3.8, 4) is 5.75 Å². The Bertz CT molecular complexity index is 969. The summed E-state index contributed by atoms with van der Waals surface area (Å²) < 4.78 is 11.0. The van der Waals surface area contributed by atoms with E-state index in [2.05, 4.69) is 109 Å². The van der Waals surface area contributed by atoms with Crippen LogP contribution in [0.1, 0.15) is 5.56 Å². The fraction of sp³-hybridized carbons (Fsp3) is 0.143. The van der Waals surface area contributed by atoms with E-state index in [1.165, 1.54) is 21.5 Å². The average Bonchev–Trinajstić information content (AvgIpc) is 2.85. The summed E-state index contributed by atoms with van der Waals surface area (Å²) in [6.45, 7) is 1.13. The summed E-state index contributed by atoms with van der Waals surface area (Å²) >= 11 is 0. The Balaban J connectivity index is 1.84. The minimum atomic E-state index is -1.91. The molecule has 0 N–H and O–H groups in total. The summed E-state index contributed by atoms with van der Waals surface area (Å²) in [5.74, 6) is 0.891. The molecule has 0 spiro atoms. The van der Waals surface area contributed by atoms with Crippen LogP contribution in [0.5, 0.6) is 5.75 Å². The fourth-order valence-corrected chi connectivity index (χ4v) is 8.25. The van der Waals surface area contributed by atoms with Crippen LogP contribution < -0.4 is 20.7 Å². The predicted molar refractivity (Wildman–Crippen MR) is 133 cm³/mol. The average molecular weight is 428 g/mol. The molecular formula is C28H28O2P+. The van der Waals surface area contributed by atoms with Crippen molar-refractivity contribution in [1.82, 2.24) is 0 Å². The largest absolute Gasteiger partial charge is 0.491 e. The normalized spacial score (nSPS) is 11.3. The van der Waals surface area contributed by atoms with Crippen LogP contribution in [0.15, 0.2) is 115 Å². The zero-order chi connectivity index (χ0) is 21.4. The van der Waals surface area contributed by atoms with Crippen molar-refractivity contribution in [2.45, 2.75) is 6.16 Å². The Morgan fingerprint density at radius 2 is 1.10 bits per heavy atom. The first-order valence-electron chi connectivity index (χ1n) is 10.6. The van der Waals surface area contributed by atoms with E-state index in [4.69, 9.17) is 9.47 Å². The molecule has 0 aromatic heterocycles. The monoisotopic (exact) mass is 427 g/mol. The molecule has 156 valence electrons. The molecule has 31 heavy (non-hydrogen) atoms. The second-order valence-electron chi connectivity index (χ2n) is 7.46. The smallest absolute Gasteiger partial charge is 0.119 e. The lowest BCUT2D eigenvalue weighted by Crippen LogP contribution is -2.32. The van der Waals surface area contributed by atoms with Gasteiger partial charge in [0, 0.05) is 7.11 Å². The Morgan fingerprint density at radius 1 is 0.581 bits per heavy atom. The molecular weight excluding hydrogens is 399 g/mol. The first-order chi connectivity index (χ1) is 15.3. The molecule has 2 nitrogen and oxygen atoms in total. The number of hydrogen-bond acceptors (Lipinski definition) is 2. The zero-order valence-electron chi connectivity index (χ0n) is 17.9. The molecule has 0 aliphatic carbocycles. The molecule has 0 aliphatic heterocycles. The van der Waals surface area contributed by atoms with Gasteiger partial charge in [0.05, 0.1) is 12.8 Å². The molecule has 4 aromatic rings. The van der Waals surface area contributed by atoms with Crippen LogP contribution in [-0.2, 0) is 10.9 Å². The first-order valence-corrected chi connectivity index (χ1v) is 12.6. The third-order valence-electron chi connectivity index (χ3n) is 5.47. The molecule has 0 saturated carbocycles. The van der Waals surface area contributed by atoms with Gasteiger partial charge in [0.15, 0.2) is 0 Å². The Morgan fingerprint density at radius 3 is 1.58 bits per heavy atom. The van der Waals surface area contributed by atoms with Gasteiger partial charge in [-0.15, -0.1) is 0 Å². The first kappa shape index (κ1) is 21.3. The standard InChI is InChI=1S/C28H28O2P/c1-29-20-21-30-25-13-11-12-24(22-25)23-31(26-14-5-2-6-15-26,27-16-7-3-8-17-27)28-18-9-4-10-19-28/h2-19,22H,20-21,23H2,1H3/q+1. The van der Waals surface area contributed by atoms with E-state index >= 15 is 0 Å². The SMILES string of the molecule is COCCOc1cccc(C[P+](c2ccccc2)(c2ccccc2)c2ccccc2)c1. The van der Waals surface area contributed by atoms with Gasteiger partial charge in [-0.25, -0.2) is 0 Å². The van der Waals surface area contributed by atoms with Crippen LogP contribution >= 0.6 is 7.26 Å². The Kier molecular flexibility index (Phi) is 7.14. The maximum Gasteiger partial charge on any atom is 0.119 e. The summed E-state index contributed by atoms with van der Waals surface area (Å²) in [6, 6.07) is 41.4. The Labute approximate surface area is 185 Å². The molecule has 4 rings (SSSR count). The molecule has 4 aromatic carbocycles. The third-order valence-corrected chi connectivity index (χ3v) is 9.84. The van der Waals surface area contributed by atoms with Crippen molar-refractivity contribution in [2.75, 3.05) is 20.3 Å². The van der Waals surface area contributed by atoms with Crippen molar-refractivity contribution in [1.29, 1.82) is 0 Å². The van der Waals surface area contributed by atoms with Crippen molar-refractivity contribution >= 4 is 23.2 Å². The molecule has 0 bridgehead atoms. The summed E-state index contributed by atoms with van der Waals surface area (Å²) in [5, 5.41) is 4.16. The number of hydrogen-bond donors (Lipinski definition) is 0. The van der Waals surface area contributed by atoms with Crippen molar-refractivity contribution < 1.29 is 9.47 Å². The van der Waals surface area contributed by atoms with E-state index in [9.17, 15) is 0 Å². The van der Waals surface area contributed by atoms with Gasteiger partial charge in [0.1, 0.15) is 35.5 Å². The maximum absolute atomic E-state index is 5.91. The van der Waals surface area contributed by atoms with Gasteiger partial charge in [-0.05, 0) is 54.1 Å². The Hall–Kier alpha value is -2.93. The number of benzene rings is 4. The molecule has 0 aliphatic rings.